The highest BCUT2D eigenvalue weighted by Gasteiger charge is 2.44. The first kappa shape index (κ1) is 20.7. The standard InChI is InChI=1S/C22H24ClN3O4/c1-2-11-27-20-5-3-4-6-21(20)28-12-19-13-29-22(30-19,14-26-16-24-15-25-26)17-7-9-18(23)10-8-17/h3-10,15-16,19H,2,11-14H2,1H3. The van der Waals surface area contributed by atoms with Gasteiger partial charge in [0, 0.05) is 10.6 Å². The van der Waals surface area contributed by atoms with Gasteiger partial charge >= 0.3 is 0 Å². The minimum absolute atomic E-state index is 0.261. The topological polar surface area (TPSA) is 67.6 Å². The highest BCUT2D eigenvalue weighted by molar-refractivity contribution is 6.30. The van der Waals surface area contributed by atoms with Crippen molar-refractivity contribution in [1.29, 1.82) is 0 Å². The van der Waals surface area contributed by atoms with Crippen LogP contribution in [-0.2, 0) is 21.8 Å². The molecule has 0 radical (unpaired) electrons. The van der Waals surface area contributed by atoms with E-state index < -0.39 is 5.79 Å². The van der Waals surface area contributed by atoms with Gasteiger partial charge in [0.2, 0.25) is 5.79 Å². The van der Waals surface area contributed by atoms with Gasteiger partial charge in [-0.15, -0.1) is 0 Å². The van der Waals surface area contributed by atoms with Crippen LogP contribution in [0.3, 0.4) is 0 Å². The second kappa shape index (κ2) is 9.47. The SMILES string of the molecule is CCCOc1ccccc1OCC1COC(Cn2cncn2)(c2ccc(Cl)cc2)O1. The van der Waals surface area contributed by atoms with Crippen molar-refractivity contribution in [3.8, 4) is 11.5 Å². The van der Waals surface area contributed by atoms with Crippen molar-refractivity contribution in [2.24, 2.45) is 0 Å². The fourth-order valence-corrected chi connectivity index (χ4v) is 3.41. The minimum atomic E-state index is -0.995. The van der Waals surface area contributed by atoms with Crippen LogP contribution < -0.4 is 9.47 Å². The molecule has 1 aliphatic heterocycles. The molecule has 2 atom stereocenters. The van der Waals surface area contributed by atoms with Crippen molar-refractivity contribution >= 4 is 11.6 Å². The van der Waals surface area contributed by atoms with Crippen LogP contribution in [-0.4, -0.2) is 40.7 Å². The molecule has 1 saturated heterocycles. The molecule has 1 aromatic heterocycles. The maximum Gasteiger partial charge on any atom is 0.215 e. The van der Waals surface area contributed by atoms with E-state index in [9.17, 15) is 0 Å². The number of rotatable bonds is 9. The predicted octanol–water partition coefficient (Wildman–Crippen LogP) is 4.07. The van der Waals surface area contributed by atoms with Crippen molar-refractivity contribution in [2.75, 3.05) is 19.8 Å². The molecule has 0 amide bonds. The highest BCUT2D eigenvalue weighted by Crippen LogP contribution is 2.37. The van der Waals surface area contributed by atoms with Crippen LogP contribution >= 0.6 is 11.6 Å². The maximum absolute atomic E-state index is 6.37. The van der Waals surface area contributed by atoms with Crippen molar-refractivity contribution < 1.29 is 18.9 Å². The minimum Gasteiger partial charge on any atom is -0.490 e. The number of hydrogen-bond acceptors (Lipinski definition) is 6. The quantitative estimate of drug-likeness (QED) is 0.510. The Bertz CT molecular complexity index is 936. The van der Waals surface area contributed by atoms with Crippen molar-refractivity contribution in [3.63, 3.8) is 0 Å². The summed E-state index contributed by atoms with van der Waals surface area (Å²) in [5, 5.41) is 4.85. The van der Waals surface area contributed by atoms with Gasteiger partial charge in [-0.2, -0.15) is 5.10 Å². The van der Waals surface area contributed by atoms with Gasteiger partial charge in [-0.05, 0) is 30.7 Å². The average molecular weight is 430 g/mol. The van der Waals surface area contributed by atoms with Crippen LogP contribution in [0.1, 0.15) is 18.9 Å². The molecule has 158 valence electrons. The molecule has 0 spiro atoms. The van der Waals surface area contributed by atoms with Crippen LogP contribution in [0.15, 0.2) is 61.2 Å². The van der Waals surface area contributed by atoms with E-state index in [1.54, 1.807) is 11.0 Å². The molecule has 2 aromatic carbocycles. The lowest BCUT2D eigenvalue weighted by molar-refractivity contribution is -0.190. The molecule has 0 saturated carbocycles. The summed E-state index contributed by atoms with van der Waals surface area (Å²) in [6, 6.07) is 15.1. The van der Waals surface area contributed by atoms with E-state index in [1.807, 2.05) is 48.5 Å². The second-order valence-corrected chi connectivity index (χ2v) is 7.45. The third-order valence-electron chi connectivity index (χ3n) is 4.72. The van der Waals surface area contributed by atoms with Crippen LogP contribution in [0.4, 0.5) is 0 Å². The van der Waals surface area contributed by atoms with Gasteiger partial charge in [-0.25, -0.2) is 9.67 Å². The molecule has 3 aromatic rings. The Morgan fingerprint density at radius 1 is 1.13 bits per heavy atom. The van der Waals surface area contributed by atoms with E-state index in [4.69, 9.17) is 30.5 Å². The Kier molecular flexibility index (Phi) is 6.52. The normalized spacial score (nSPS) is 20.9. The highest BCUT2D eigenvalue weighted by atomic mass is 35.5. The van der Waals surface area contributed by atoms with Crippen LogP contribution in [0.2, 0.25) is 5.02 Å². The van der Waals surface area contributed by atoms with Gasteiger partial charge in [-0.1, -0.05) is 42.8 Å². The summed E-state index contributed by atoms with van der Waals surface area (Å²) in [6.45, 7) is 3.79. The summed E-state index contributed by atoms with van der Waals surface area (Å²) in [7, 11) is 0. The molecule has 0 N–H and O–H groups in total. The van der Waals surface area contributed by atoms with Gasteiger partial charge in [0.1, 0.15) is 31.9 Å². The number of para-hydroxylation sites is 2. The summed E-state index contributed by atoms with van der Waals surface area (Å²) < 4.78 is 26.0. The fraction of sp³-hybridized carbons (Fsp3) is 0.364. The smallest absolute Gasteiger partial charge is 0.215 e. The third-order valence-corrected chi connectivity index (χ3v) is 4.97. The molecule has 4 rings (SSSR count). The Hall–Kier alpha value is -2.61. The summed E-state index contributed by atoms with van der Waals surface area (Å²) in [6.07, 6.45) is 3.79. The largest absolute Gasteiger partial charge is 0.490 e. The molecule has 2 heterocycles. The molecule has 8 heteroatoms. The van der Waals surface area contributed by atoms with Gasteiger partial charge in [0.05, 0.1) is 13.2 Å². The molecule has 0 aliphatic carbocycles. The van der Waals surface area contributed by atoms with E-state index >= 15 is 0 Å². The van der Waals surface area contributed by atoms with E-state index in [1.165, 1.54) is 6.33 Å². The maximum atomic E-state index is 6.37. The Labute approximate surface area is 180 Å². The van der Waals surface area contributed by atoms with E-state index in [0.717, 1.165) is 17.7 Å². The zero-order chi connectivity index (χ0) is 20.8. The predicted molar refractivity (Wildman–Crippen MR) is 112 cm³/mol. The number of nitrogens with zero attached hydrogens (tertiary/aromatic N) is 3. The van der Waals surface area contributed by atoms with Crippen molar-refractivity contribution in [2.45, 2.75) is 31.8 Å². The Morgan fingerprint density at radius 2 is 1.90 bits per heavy atom. The molecular weight excluding hydrogens is 406 g/mol. The van der Waals surface area contributed by atoms with Gasteiger partial charge < -0.3 is 18.9 Å². The first-order valence-corrected chi connectivity index (χ1v) is 10.3. The van der Waals surface area contributed by atoms with Crippen LogP contribution in [0.25, 0.3) is 0 Å². The lowest BCUT2D eigenvalue weighted by Gasteiger charge is -2.28. The summed E-state index contributed by atoms with van der Waals surface area (Å²) in [5.74, 6) is 0.421. The van der Waals surface area contributed by atoms with Crippen LogP contribution in [0, 0.1) is 0 Å². The molecule has 1 aliphatic rings. The summed E-state index contributed by atoms with van der Waals surface area (Å²) in [5.41, 5.74) is 0.858. The lowest BCUT2D eigenvalue weighted by atomic mass is 10.1. The zero-order valence-corrected chi connectivity index (χ0v) is 17.5. The van der Waals surface area contributed by atoms with Gasteiger partial charge in [0.15, 0.2) is 11.5 Å². The van der Waals surface area contributed by atoms with E-state index in [2.05, 4.69) is 17.0 Å². The Morgan fingerprint density at radius 3 is 2.60 bits per heavy atom. The Balaban J connectivity index is 1.47. The van der Waals surface area contributed by atoms with Gasteiger partial charge in [0.25, 0.3) is 0 Å². The van der Waals surface area contributed by atoms with Crippen molar-refractivity contribution in [1.82, 2.24) is 14.8 Å². The second-order valence-electron chi connectivity index (χ2n) is 7.01. The number of halogens is 1. The van der Waals surface area contributed by atoms with Gasteiger partial charge in [-0.3, -0.25) is 0 Å². The monoisotopic (exact) mass is 429 g/mol. The number of aromatic nitrogens is 3. The third kappa shape index (κ3) is 4.75. The molecule has 7 nitrogen and oxygen atoms in total. The number of benzene rings is 2. The summed E-state index contributed by atoms with van der Waals surface area (Å²) in [4.78, 5) is 4.01. The zero-order valence-electron chi connectivity index (χ0n) is 16.7. The number of hydrogen-bond donors (Lipinski definition) is 0. The lowest BCUT2D eigenvalue weighted by Crippen LogP contribution is -2.34. The fourth-order valence-electron chi connectivity index (χ4n) is 3.29. The number of ether oxygens (including phenoxy) is 4. The molecule has 2 unspecified atom stereocenters. The van der Waals surface area contributed by atoms with Crippen molar-refractivity contribution in [3.05, 3.63) is 71.8 Å². The molecular formula is C22H24ClN3O4. The molecule has 30 heavy (non-hydrogen) atoms. The first-order chi connectivity index (χ1) is 14.7. The van der Waals surface area contributed by atoms with E-state index in [-0.39, 0.29) is 6.10 Å². The van der Waals surface area contributed by atoms with E-state index in [0.29, 0.717) is 37.1 Å². The molecule has 1 fully saturated rings. The summed E-state index contributed by atoms with van der Waals surface area (Å²) >= 11 is 6.06. The first-order valence-electron chi connectivity index (χ1n) is 9.93. The van der Waals surface area contributed by atoms with Crippen LogP contribution in [0.5, 0.6) is 11.5 Å². The molecule has 0 bridgehead atoms. The average Bonchev–Trinajstić information content (AvgIpc) is 3.43.